The molecular weight excluding hydrogens is 802 g/mol. The highest BCUT2D eigenvalue weighted by Crippen LogP contribution is 2.24. The summed E-state index contributed by atoms with van der Waals surface area (Å²) in [6, 6.07) is -3.33. The molecule has 2 aliphatic heterocycles. The van der Waals surface area contributed by atoms with Crippen LogP contribution in [0.25, 0.3) is 0 Å². The summed E-state index contributed by atoms with van der Waals surface area (Å²) >= 11 is 0. The molecule has 58 heavy (non-hydrogen) atoms. The van der Waals surface area contributed by atoms with Gasteiger partial charge in [-0.2, -0.15) is 0 Å². The van der Waals surface area contributed by atoms with Gasteiger partial charge in [0, 0.05) is 11.5 Å². The lowest BCUT2D eigenvalue weighted by molar-refractivity contribution is -0.153. The van der Waals surface area contributed by atoms with Crippen molar-refractivity contribution in [2.24, 2.45) is 17.6 Å². The van der Waals surface area contributed by atoms with Crippen molar-refractivity contribution in [1.82, 2.24) is 21.3 Å². The number of allylic oxidation sites excluding steroid dienone is 2. The summed E-state index contributed by atoms with van der Waals surface area (Å²) in [5, 5.41) is 29.1. The van der Waals surface area contributed by atoms with Crippen molar-refractivity contribution in [2.45, 2.75) is 181 Å². The van der Waals surface area contributed by atoms with E-state index in [0.717, 1.165) is 12.8 Å². The number of hydrogen-bond acceptors (Lipinski definition) is 11. The molecule has 1 saturated heterocycles. The first-order valence-corrected chi connectivity index (χ1v) is 23.8. The molecule has 8 N–H and O–H groups in total. The van der Waals surface area contributed by atoms with Gasteiger partial charge in [0.1, 0.15) is 29.9 Å². The minimum atomic E-state index is -1.00. The summed E-state index contributed by atoms with van der Waals surface area (Å²) in [6.07, 6.45) is 22.0. The second-order valence-electron chi connectivity index (χ2n) is 15.7. The lowest BCUT2D eigenvalue weighted by atomic mass is 10.0. The topological polar surface area (TPSA) is 209 Å². The van der Waals surface area contributed by atoms with E-state index in [2.05, 4.69) is 28.2 Å². The number of hydrogen-bond donors (Lipinski definition) is 7. The van der Waals surface area contributed by atoms with Crippen LogP contribution >= 0.6 is 21.6 Å². The smallest absolute Gasteiger partial charge is 1.00 e. The first-order chi connectivity index (χ1) is 27.2. The van der Waals surface area contributed by atoms with Gasteiger partial charge in [-0.15, -0.1) is 0 Å². The van der Waals surface area contributed by atoms with E-state index < -0.39 is 66.0 Å². The van der Waals surface area contributed by atoms with E-state index in [-0.39, 0.29) is 50.1 Å². The van der Waals surface area contributed by atoms with Gasteiger partial charge in [0.25, 0.3) is 5.91 Å². The molecule has 0 saturated carbocycles. The number of carbonyl (C=O) groups is 5. The molecule has 0 radical (unpaired) electrons. The van der Waals surface area contributed by atoms with Gasteiger partial charge in [-0.3, -0.25) is 19.2 Å². The summed E-state index contributed by atoms with van der Waals surface area (Å²) in [5.74, 6) is -2.54. The average Bonchev–Trinajstić information content (AvgIpc) is 3.17. The standard InChI is InChI=1S/C24H36N4O6S2.C18H39NO2.ClH/c1-6-16-21(30)28-20(14(4)5)24(33)34-15-9-7-8-10-35-36-12-17(22(31)25-16)26-23(32)19(13(2)3)27-18(29)11-15;1-2-3-4-5-6-7-8-9-10-11-12-13-14-15-18(21)17(19)16-20;/h6-7,9,13-15,17,19-20H,8,10-12H2,1-5H3,(H,25,31)(H,26,32)(H,27,29)(H,28,30);17-18,20-21H,2-16,19H2,1H3;1H/b9-7+,16-6-;;/t15-,17-,19-,20+;17-,18-;/m10./s1. The fraction of sp³-hybridized carbons (Fsp3) is 0.786. The SMILES string of the molecule is C/C=C1\NC(=O)[C@H]2CSSCC/C=C/[C@H](CC(=O)N[C@H](C(C)C)C(=O)N2)OC(=O)[C@H](C(C)C)NC1=O.CCCCCCCCCCCCCCC[C@H](O)[C@@H](N)CO.[Cl-].[H+]. The summed E-state index contributed by atoms with van der Waals surface area (Å²) in [4.78, 5) is 65.2. The first-order valence-electron chi connectivity index (χ1n) is 21.3. The third-order valence-corrected chi connectivity index (χ3v) is 12.3. The van der Waals surface area contributed by atoms with Gasteiger partial charge in [-0.1, -0.05) is 152 Å². The number of aliphatic hydroxyl groups is 2. The molecule has 2 rings (SSSR count). The van der Waals surface area contributed by atoms with Crippen LogP contribution in [0.1, 0.15) is 146 Å². The van der Waals surface area contributed by atoms with E-state index in [9.17, 15) is 29.1 Å². The number of rotatable bonds is 18. The minimum absolute atomic E-state index is 0. The fourth-order valence-corrected chi connectivity index (χ4v) is 8.37. The Morgan fingerprint density at radius 3 is 1.95 bits per heavy atom. The van der Waals surface area contributed by atoms with E-state index in [1.807, 2.05) is 6.08 Å². The van der Waals surface area contributed by atoms with Gasteiger partial charge in [0.15, 0.2) is 0 Å². The molecule has 0 aromatic carbocycles. The highest BCUT2D eigenvalue weighted by Gasteiger charge is 2.33. The van der Waals surface area contributed by atoms with E-state index in [0.29, 0.717) is 12.2 Å². The van der Waals surface area contributed by atoms with Crippen LogP contribution in [-0.4, -0.2) is 94.3 Å². The lowest BCUT2D eigenvalue weighted by Gasteiger charge is -2.27. The molecule has 0 aromatic rings. The van der Waals surface area contributed by atoms with Crippen molar-refractivity contribution < 1.29 is 52.8 Å². The number of halogens is 1. The zero-order valence-corrected chi connectivity index (χ0v) is 38.3. The lowest BCUT2D eigenvalue weighted by Crippen LogP contribution is -3.00. The third-order valence-electron chi connectivity index (χ3n) is 9.90. The van der Waals surface area contributed by atoms with Gasteiger partial charge in [0.2, 0.25) is 17.7 Å². The number of aliphatic hydroxyl groups excluding tert-OH is 2. The third kappa shape index (κ3) is 24.1. The number of nitrogens with one attached hydrogen (secondary N) is 4. The van der Waals surface area contributed by atoms with Crippen molar-refractivity contribution >= 4 is 51.2 Å². The predicted octanol–water partition coefficient (Wildman–Crippen LogP) is 2.69. The molecule has 0 aliphatic carbocycles. The van der Waals surface area contributed by atoms with Crippen molar-refractivity contribution in [1.29, 1.82) is 0 Å². The van der Waals surface area contributed by atoms with Crippen LogP contribution in [0.2, 0.25) is 0 Å². The average molecular weight is 879 g/mol. The molecule has 336 valence electrons. The molecule has 0 aromatic heterocycles. The fourth-order valence-electron chi connectivity index (χ4n) is 6.21. The number of esters is 1. The second kappa shape index (κ2) is 33.4. The molecule has 4 amide bonds. The Balaban J connectivity index is 0. The predicted molar refractivity (Wildman–Crippen MR) is 233 cm³/mol. The molecule has 2 aliphatic rings. The van der Waals surface area contributed by atoms with Gasteiger partial charge in [0.05, 0.1) is 25.2 Å². The summed E-state index contributed by atoms with van der Waals surface area (Å²) < 4.78 is 5.65. The normalized spacial score (nSPS) is 23.6. The monoisotopic (exact) mass is 877 g/mol. The molecule has 6 atom stereocenters. The van der Waals surface area contributed by atoms with E-state index in [1.54, 1.807) is 40.7 Å². The number of nitrogens with two attached hydrogens (primary N) is 1. The molecule has 0 spiro atoms. The maximum atomic E-state index is 13.2. The largest absolute Gasteiger partial charge is 1.00 e. The quantitative estimate of drug-likeness (QED) is 0.0350. The molecule has 0 unspecified atom stereocenters. The highest BCUT2D eigenvalue weighted by molar-refractivity contribution is 8.76. The van der Waals surface area contributed by atoms with Gasteiger partial charge in [-0.25, -0.2) is 4.79 Å². The summed E-state index contributed by atoms with van der Waals surface area (Å²) in [6.45, 7) is 10.8. The molecule has 1 fully saturated rings. The molecule has 2 bridgehead atoms. The van der Waals surface area contributed by atoms with Gasteiger partial charge in [-0.05, 0) is 37.7 Å². The maximum absolute atomic E-state index is 13.2. The zero-order valence-electron chi connectivity index (χ0n) is 36.9. The summed E-state index contributed by atoms with van der Waals surface area (Å²) in [7, 11) is 2.95. The zero-order chi connectivity index (χ0) is 42.6. The number of carbonyl (C=O) groups excluding carboxylic acids is 5. The Bertz CT molecular complexity index is 1270. The van der Waals surface area contributed by atoms with E-state index in [1.165, 1.54) is 105 Å². The Kier molecular flexibility index (Phi) is 32.1. The van der Waals surface area contributed by atoms with Gasteiger partial charge >= 0.3 is 7.40 Å². The highest BCUT2D eigenvalue weighted by atomic mass is 35.5. The van der Waals surface area contributed by atoms with Crippen LogP contribution in [0, 0.1) is 11.8 Å². The summed E-state index contributed by atoms with van der Waals surface area (Å²) in [5.41, 5.74) is 5.52. The van der Waals surface area contributed by atoms with Crippen LogP contribution < -0.4 is 39.4 Å². The molecule has 2 heterocycles. The second-order valence-corrected chi connectivity index (χ2v) is 18.3. The number of fused-ring (bicyclic) bond motifs is 7. The molecule has 13 nitrogen and oxygen atoms in total. The minimum Gasteiger partial charge on any atom is -1.00 e. The maximum Gasteiger partial charge on any atom is 1.00 e. The first kappa shape index (κ1) is 55.7. The Hall–Kier alpha value is -2.30. The number of unbranched alkanes of at least 4 members (excludes halogenated alkanes) is 12. The molecule has 16 heteroatoms. The Labute approximate surface area is 364 Å². The number of ether oxygens (including phenoxy) is 1. The Morgan fingerprint density at radius 2 is 1.41 bits per heavy atom. The van der Waals surface area contributed by atoms with Crippen LogP contribution in [0.15, 0.2) is 23.9 Å². The van der Waals surface area contributed by atoms with Crippen molar-refractivity contribution in [3.8, 4) is 0 Å². The van der Waals surface area contributed by atoms with Gasteiger partial charge < -0.3 is 54.4 Å². The van der Waals surface area contributed by atoms with E-state index in [4.69, 9.17) is 15.6 Å². The van der Waals surface area contributed by atoms with Crippen molar-refractivity contribution in [3.63, 3.8) is 0 Å². The number of amides is 4. The van der Waals surface area contributed by atoms with Crippen LogP contribution in [0.4, 0.5) is 0 Å². The molecular formula is C42H76ClN5O8S2. The van der Waals surface area contributed by atoms with Crippen molar-refractivity contribution in [2.75, 3.05) is 18.1 Å². The van der Waals surface area contributed by atoms with Crippen molar-refractivity contribution in [3.05, 3.63) is 23.9 Å². The van der Waals surface area contributed by atoms with Crippen LogP contribution in [0.3, 0.4) is 0 Å². The van der Waals surface area contributed by atoms with E-state index >= 15 is 0 Å². The Morgan fingerprint density at radius 1 is 0.845 bits per heavy atom. The van der Waals surface area contributed by atoms with Crippen LogP contribution in [0.5, 0.6) is 0 Å². The van der Waals surface area contributed by atoms with Crippen LogP contribution in [-0.2, 0) is 28.7 Å².